The summed E-state index contributed by atoms with van der Waals surface area (Å²) >= 11 is 0. The Morgan fingerprint density at radius 3 is 2.33 bits per heavy atom. The summed E-state index contributed by atoms with van der Waals surface area (Å²) in [5.41, 5.74) is 2.88. The van der Waals surface area contributed by atoms with Crippen LogP contribution in [0, 0.1) is 18.3 Å². The number of hydrogen-bond acceptors (Lipinski definition) is 4. The molecule has 0 fully saturated rings. The predicted octanol–water partition coefficient (Wildman–Crippen LogP) is 2.90. The second-order valence-corrected chi connectivity index (χ2v) is 5.47. The Morgan fingerprint density at radius 1 is 1.12 bits per heavy atom. The molecule has 2 aromatic carbocycles. The number of carbonyl (C=O) groups is 2. The van der Waals surface area contributed by atoms with Crippen LogP contribution in [0.15, 0.2) is 48.5 Å². The minimum atomic E-state index is -0.599. The summed E-state index contributed by atoms with van der Waals surface area (Å²) in [6, 6.07) is 15.7. The van der Waals surface area contributed by atoms with Crippen molar-refractivity contribution in [1.82, 2.24) is 5.32 Å². The van der Waals surface area contributed by atoms with Gasteiger partial charge in [0.25, 0.3) is 5.91 Å². The first kappa shape index (κ1) is 17.2. The van der Waals surface area contributed by atoms with Crippen molar-refractivity contribution in [3.63, 3.8) is 0 Å². The molecule has 1 N–H and O–H groups in total. The minimum absolute atomic E-state index is 0.174. The van der Waals surface area contributed by atoms with Crippen molar-refractivity contribution >= 4 is 11.9 Å². The SMILES string of the molecule is Cc1ccc([C@@H](C)NC(=O)COC(=O)c2ccc(C#N)cc2)cc1. The molecule has 0 saturated carbocycles. The third kappa shape index (κ3) is 4.68. The van der Waals surface area contributed by atoms with Crippen LogP contribution in [0.5, 0.6) is 0 Å². The van der Waals surface area contributed by atoms with Gasteiger partial charge in [-0.3, -0.25) is 4.79 Å². The Kier molecular flexibility index (Phi) is 5.69. The standard InChI is InChI=1S/C19H18N2O3/c1-13-3-7-16(8-4-13)14(2)21-18(22)12-24-19(23)17-9-5-15(11-20)6-10-17/h3-10,14H,12H2,1-2H3,(H,21,22)/t14-/m1/s1. The molecule has 5 heteroatoms. The number of esters is 1. The van der Waals surface area contributed by atoms with Crippen LogP contribution in [0.3, 0.4) is 0 Å². The van der Waals surface area contributed by atoms with Gasteiger partial charge in [0.1, 0.15) is 0 Å². The number of ether oxygens (including phenoxy) is 1. The maximum Gasteiger partial charge on any atom is 0.338 e. The maximum atomic E-state index is 11.9. The van der Waals surface area contributed by atoms with E-state index in [0.717, 1.165) is 11.1 Å². The Balaban J connectivity index is 1.84. The lowest BCUT2D eigenvalue weighted by molar-refractivity contribution is -0.124. The topological polar surface area (TPSA) is 79.2 Å². The van der Waals surface area contributed by atoms with Gasteiger partial charge >= 0.3 is 5.97 Å². The highest BCUT2D eigenvalue weighted by molar-refractivity contribution is 5.91. The van der Waals surface area contributed by atoms with Gasteiger partial charge in [0.05, 0.1) is 23.2 Å². The van der Waals surface area contributed by atoms with Crippen LogP contribution in [0.2, 0.25) is 0 Å². The minimum Gasteiger partial charge on any atom is -0.452 e. The predicted molar refractivity (Wildman–Crippen MR) is 89.2 cm³/mol. The Bertz CT molecular complexity index is 759. The van der Waals surface area contributed by atoms with E-state index in [0.29, 0.717) is 11.1 Å². The second-order valence-electron chi connectivity index (χ2n) is 5.47. The third-order valence-corrected chi connectivity index (χ3v) is 3.54. The van der Waals surface area contributed by atoms with E-state index >= 15 is 0 Å². The highest BCUT2D eigenvalue weighted by Gasteiger charge is 2.13. The summed E-state index contributed by atoms with van der Waals surface area (Å²) in [4.78, 5) is 23.8. The number of benzene rings is 2. The molecule has 0 aliphatic carbocycles. The first-order chi connectivity index (χ1) is 11.5. The van der Waals surface area contributed by atoms with E-state index < -0.39 is 5.97 Å². The average molecular weight is 322 g/mol. The zero-order valence-electron chi connectivity index (χ0n) is 13.6. The van der Waals surface area contributed by atoms with Crippen molar-refractivity contribution in [2.24, 2.45) is 0 Å². The van der Waals surface area contributed by atoms with Gasteiger partial charge in [-0.25, -0.2) is 4.79 Å². The van der Waals surface area contributed by atoms with Crippen molar-refractivity contribution < 1.29 is 14.3 Å². The molecule has 2 rings (SSSR count). The molecule has 0 radical (unpaired) electrons. The van der Waals surface area contributed by atoms with Gasteiger partial charge in [0.2, 0.25) is 0 Å². The van der Waals surface area contributed by atoms with E-state index in [4.69, 9.17) is 10.00 Å². The molecule has 0 spiro atoms. The van der Waals surface area contributed by atoms with Crippen molar-refractivity contribution in [2.75, 3.05) is 6.61 Å². The molecule has 0 aliphatic heterocycles. The zero-order valence-corrected chi connectivity index (χ0v) is 13.6. The number of rotatable bonds is 5. The van der Waals surface area contributed by atoms with Crippen molar-refractivity contribution in [3.8, 4) is 6.07 Å². The number of aryl methyl sites for hydroxylation is 1. The fraction of sp³-hybridized carbons (Fsp3) is 0.211. The lowest BCUT2D eigenvalue weighted by atomic mass is 10.1. The van der Waals surface area contributed by atoms with Gasteiger partial charge < -0.3 is 10.1 Å². The summed E-state index contributed by atoms with van der Waals surface area (Å²) < 4.78 is 4.99. The van der Waals surface area contributed by atoms with Crippen LogP contribution >= 0.6 is 0 Å². The van der Waals surface area contributed by atoms with Crippen molar-refractivity contribution in [3.05, 3.63) is 70.8 Å². The largest absolute Gasteiger partial charge is 0.452 e. The summed E-state index contributed by atoms with van der Waals surface area (Å²) in [5, 5.41) is 11.5. The molecule has 0 aromatic heterocycles. The fourth-order valence-electron chi connectivity index (χ4n) is 2.12. The fourth-order valence-corrected chi connectivity index (χ4v) is 2.12. The highest BCUT2D eigenvalue weighted by Crippen LogP contribution is 2.13. The molecule has 0 heterocycles. The van der Waals surface area contributed by atoms with Gasteiger partial charge in [0.15, 0.2) is 6.61 Å². The van der Waals surface area contributed by atoms with E-state index in [-0.39, 0.29) is 18.6 Å². The molecule has 1 amide bonds. The van der Waals surface area contributed by atoms with E-state index in [1.165, 1.54) is 24.3 Å². The quantitative estimate of drug-likeness (QED) is 0.858. The number of nitrogens with zero attached hydrogens (tertiary/aromatic N) is 1. The molecule has 0 aliphatic rings. The monoisotopic (exact) mass is 322 g/mol. The molecular formula is C19H18N2O3. The molecule has 1 atom stereocenters. The lowest BCUT2D eigenvalue weighted by Gasteiger charge is -2.14. The number of hydrogen-bond donors (Lipinski definition) is 1. The van der Waals surface area contributed by atoms with E-state index in [9.17, 15) is 9.59 Å². The van der Waals surface area contributed by atoms with Gasteiger partial charge in [-0.15, -0.1) is 0 Å². The Morgan fingerprint density at radius 2 is 1.75 bits per heavy atom. The number of nitrogens with one attached hydrogen (secondary N) is 1. The number of nitriles is 1. The maximum absolute atomic E-state index is 11.9. The number of amides is 1. The molecule has 0 unspecified atom stereocenters. The lowest BCUT2D eigenvalue weighted by Crippen LogP contribution is -2.31. The first-order valence-corrected chi connectivity index (χ1v) is 7.53. The molecule has 24 heavy (non-hydrogen) atoms. The first-order valence-electron chi connectivity index (χ1n) is 7.53. The summed E-state index contributed by atoms with van der Waals surface area (Å²) in [6.07, 6.45) is 0. The Labute approximate surface area is 140 Å². The van der Waals surface area contributed by atoms with Crippen LogP contribution < -0.4 is 5.32 Å². The van der Waals surface area contributed by atoms with Crippen LogP contribution in [-0.2, 0) is 9.53 Å². The summed E-state index contributed by atoms with van der Waals surface area (Å²) in [5.74, 6) is -0.970. The molecule has 5 nitrogen and oxygen atoms in total. The molecule has 0 bridgehead atoms. The normalized spacial score (nSPS) is 11.2. The van der Waals surface area contributed by atoms with Crippen molar-refractivity contribution in [1.29, 1.82) is 5.26 Å². The van der Waals surface area contributed by atoms with Gasteiger partial charge in [-0.1, -0.05) is 29.8 Å². The molecule has 122 valence electrons. The summed E-state index contributed by atoms with van der Waals surface area (Å²) in [6.45, 7) is 3.51. The number of carbonyl (C=O) groups excluding carboxylic acids is 2. The van der Waals surface area contributed by atoms with Crippen LogP contribution in [-0.4, -0.2) is 18.5 Å². The average Bonchev–Trinajstić information content (AvgIpc) is 2.60. The van der Waals surface area contributed by atoms with Crippen LogP contribution in [0.1, 0.15) is 40.0 Å². The van der Waals surface area contributed by atoms with Gasteiger partial charge in [-0.05, 0) is 43.7 Å². The molecule has 2 aromatic rings. The molecule has 0 saturated heterocycles. The smallest absolute Gasteiger partial charge is 0.338 e. The van der Waals surface area contributed by atoms with E-state index in [2.05, 4.69) is 5.32 Å². The molecular weight excluding hydrogens is 304 g/mol. The third-order valence-electron chi connectivity index (χ3n) is 3.54. The van der Waals surface area contributed by atoms with Crippen molar-refractivity contribution in [2.45, 2.75) is 19.9 Å². The Hall–Kier alpha value is -3.13. The second kappa shape index (κ2) is 7.93. The highest BCUT2D eigenvalue weighted by atomic mass is 16.5. The van der Waals surface area contributed by atoms with E-state index in [1.807, 2.05) is 44.2 Å². The van der Waals surface area contributed by atoms with E-state index in [1.54, 1.807) is 0 Å². The van der Waals surface area contributed by atoms with Crippen LogP contribution in [0.4, 0.5) is 0 Å². The van der Waals surface area contributed by atoms with Gasteiger partial charge in [0, 0.05) is 0 Å². The zero-order chi connectivity index (χ0) is 17.5. The van der Waals surface area contributed by atoms with Crippen LogP contribution in [0.25, 0.3) is 0 Å². The summed E-state index contributed by atoms with van der Waals surface area (Å²) in [7, 11) is 0. The van der Waals surface area contributed by atoms with Gasteiger partial charge in [-0.2, -0.15) is 5.26 Å².